The summed E-state index contributed by atoms with van der Waals surface area (Å²) in [5.74, 6) is 0.642. The van der Waals surface area contributed by atoms with Gasteiger partial charge in [0.1, 0.15) is 11.3 Å². The predicted molar refractivity (Wildman–Crippen MR) is 75.0 cm³/mol. The third kappa shape index (κ3) is 2.54. The number of ether oxygens (including phenoxy) is 1. The van der Waals surface area contributed by atoms with Crippen LogP contribution in [0, 0.1) is 12.8 Å². The van der Waals surface area contributed by atoms with Crippen LogP contribution in [-0.2, 0) is 11.3 Å². The second-order valence-corrected chi connectivity index (χ2v) is 5.31. The summed E-state index contributed by atoms with van der Waals surface area (Å²) < 4.78 is 7.67. The number of carbonyl (C=O) groups is 1. The van der Waals surface area contributed by atoms with Crippen molar-refractivity contribution in [3.05, 3.63) is 29.6 Å². The van der Waals surface area contributed by atoms with Crippen LogP contribution in [0.4, 0.5) is 0 Å². The predicted octanol–water partition coefficient (Wildman–Crippen LogP) is 2.47. The van der Waals surface area contributed by atoms with Crippen LogP contribution >= 0.6 is 0 Å². The summed E-state index contributed by atoms with van der Waals surface area (Å²) in [6.45, 7) is 4.08. The number of rotatable bonds is 6. The molecule has 20 heavy (non-hydrogen) atoms. The zero-order valence-electron chi connectivity index (χ0n) is 11.5. The van der Waals surface area contributed by atoms with E-state index >= 15 is 0 Å². The molecule has 1 saturated carbocycles. The molecular formula is C15H18N2O3. The second kappa shape index (κ2) is 5.25. The Bertz CT molecular complexity index is 644. The van der Waals surface area contributed by atoms with Gasteiger partial charge in [0.15, 0.2) is 0 Å². The maximum Gasteiger partial charge on any atom is 0.337 e. The van der Waals surface area contributed by atoms with Gasteiger partial charge in [-0.25, -0.2) is 9.78 Å². The maximum absolute atomic E-state index is 11.2. The summed E-state index contributed by atoms with van der Waals surface area (Å²) in [4.78, 5) is 15.6. The molecule has 1 aliphatic rings. The Balaban J connectivity index is 1.80. The van der Waals surface area contributed by atoms with Gasteiger partial charge in [-0.1, -0.05) is 6.07 Å². The summed E-state index contributed by atoms with van der Waals surface area (Å²) in [5.41, 5.74) is 1.67. The molecule has 1 aromatic heterocycles. The molecule has 1 fully saturated rings. The average Bonchev–Trinajstić information content (AvgIpc) is 3.18. The van der Waals surface area contributed by atoms with Crippen molar-refractivity contribution in [1.29, 1.82) is 0 Å². The van der Waals surface area contributed by atoms with Crippen LogP contribution in [0.2, 0.25) is 0 Å². The van der Waals surface area contributed by atoms with Crippen molar-refractivity contribution >= 4 is 17.0 Å². The van der Waals surface area contributed by atoms with Gasteiger partial charge in [-0.3, -0.25) is 0 Å². The van der Waals surface area contributed by atoms with E-state index in [9.17, 15) is 9.90 Å². The number of aryl methyl sites for hydroxylation is 1. The maximum atomic E-state index is 11.2. The minimum absolute atomic E-state index is 0.253. The minimum Gasteiger partial charge on any atom is -0.478 e. The van der Waals surface area contributed by atoms with Gasteiger partial charge in [-0.05, 0) is 37.8 Å². The normalized spacial score (nSPS) is 14.8. The van der Waals surface area contributed by atoms with E-state index in [-0.39, 0.29) is 5.56 Å². The van der Waals surface area contributed by atoms with E-state index in [1.807, 2.05) is 17.6 Å². The van der Waals surface area contributed by atoms with Crippen molar-refractivity contribution in [3.8, 4) is 0 Å². The van der Waals surface area contributed by atoms with Crippen molar-refractivity contribution in [2.45, 2.75) is 26.3 Å². The fourth-order valence-corrected chi connectivity index (χ4v) is 2.41. The highest BCUT2D eigenvalue weighted by molar-refractivity contribution is 6.01. The zero-order valence-corrected chi connectivity index (χ0v) is 11.5. The molecule has 3 rings (SSSR count). The highest BCUT2D eigenvalue weighted by atomic mass is 16.5. The Morgan fingerprint density at radius 3 is 3.00 bits per heavy atom. The van der Waals surface area contributed by atoms with Crippen LogP contribution in [-0.4, -0.2) is 33.8 Å². The van der Waals surface area contributed by atoms with Gasteiger partial charge in [0.25, 0.3) is 0 Å². The highest BCUT2D eigenvalue weighted by Crippen LogP contribution is 2.28. The molecule has 2 aromatic rings. The van der Waals surface area contributed by atoms with Crippen molar-refractivity contribution in [2.24, 2.45) is 5.92 Å². The number of carboxylic acids is 1. The van der Waals surface area contributed by atoms with E-state index in [1.165, 1.54) is 12.8 Å². The lowest BCUT2D eigenvalue weighted by atomic mass is 10.2. The number of aromatic nitrogens is 2. The fraction of sp³-hybridized carbons (Fsp3) is 0.467. The Hall–Kier alpha value is -1.88. The Morgan fingerprint density at radius 2 is 2.30 bits per heavy atom. The van der Waals surface area contributed by atoms with Gasteiger partial charge in [-0.2, -0.15) is 0 Å². The Morgan fingerprint density at radius 1 is 1.50 bits per heavy atom. The lowest BCUT2D eigenvalue weighted by Crippen LogP contribution is -2.09. The van der Waals surface area contributed by atoms with Crippen molar-refractivity contribution in [2.75, 3.05) is 13.2 Å². The van der Waals surface area contributed by atoms with E-state index in [0.717, 1.165) is 23.9 Å². The lowest BCUT2D eigenvalue weighted by molar-refractivity contribution is 0.0699. The standard InChI is InChI=1S/C15H18N2O3/c1-10-16-14-12(15(18)19)3-2-4-13(14)17(10)7-8-20-9-11-5-6-11/h2-4,11H,5-9H2,1H3,(H,18,19). The molecule has 5 nitrogen and oxygen atoms in total. The first-order chi connectivity index (χ1) is 9.66. The van der Waals surface area contributed by atoms with Crippen molar-refractivity contribution < 1.29 is 14.6 Å². The molecule has 1 aromatic carbocycles. The number of carboxylic acid groups (broad SMARTS) is 1. The molecular weight excluding hydrogens is 256 g/mol. The number of hydrogen-bond acceptors (Lipinski definition) is 3. The van der Waals surface area contributed by atoms with Gasteiger partial charge < -0.3 is 14.4 Å². The molecule has 1 N–H and O–H groups in total. The molecule has 1 heterocycles. The molecule has 0 unspecified atom stereocenters. The van der Waals surface area contributed by atoms with Crippen molar-refractivity contribution in [1.82, 2.24) is 9.55 Å². The molecule has 0 amide bonds. The van der Waals surface area contributed by atoms with E-state index in [0.29, 0.717) is 18.7 Å². The van der Waals surface area contributed by atoms with Gasteiger partial charge in [0.05, 0.1) is 17.7 Å². The molecule has 0 bridgehead atoms. The lowest BCUT2D eigenvalue weighted by Gasteiger charge is -2.07. The zero-order chi connectivity index (χ0) is 14.1. The number of aromatic carboxylic acids is 1. The molecule has 5 heteroatoms. The second-order valence-electron chi connectivity index (χ2n) is 5.31. The van der Waals surface area contributed by atoms with Crippen LogP contribution in [0.15, 0.2) is 18.2 Å². The number of fused-ring (bicyclic) bond motifs is 1. The highest BCUT2D eigenvalue weighted by Gasteiger charge is 2.21. The molecule has 0 atom stereocenters. The number of para-hydroxylation sites is 1. The third-order valence-corrected chi connectivity index (χ3v) is 3.71. The fourth-order valence-electron chi connectivity index (χ4n) is 2.41. The van der Waals surface area contributed by atoms with E-state index in [1.54, 1.807) is 12.1 Å². The summed E-state index contributed by atoms with van der Waals surface area (Å²) in [7, 11) is 0. The number of nitrogens with zero attached hydrogens (tertiary/aromatic N) is 2. The van der Waals surface area contributed by atoms with E-state index < -0.39 is 5.97 Å². The first-order valence-corrected chi connectivity index (χ1v) is 6.93. The van der Waals surface area contributed by atoms with Gasteiger partial charge in [0, 0.05) is 13.2 Å². The molecule has 0 aliphatic heterocycles. The molecule has 0 spiro atoms. The summed E-state index contributed by atoms with van der Waals surface area (Å²) in [6.07, 6.45) is 2.57. The van der Waals surface area contributed by atoms with E-state index in [4.69, 9.17) is 4.74 Å². The molecule has 0 saturated heterocycles. The molecule has 106 valence electrons. The van der Waals surface area contributed by atoms with Crippen LogP contribution < -0.4 is 0 Å². The van der Waals surface area contributed by atoms with E-state index in [2.05, 4.69) is 4.98 Å². The Kier molecular flexibility index (Phi) is 3.44. The summed E-state index contributed by atoms with van der Waals surface area (Å²) in [5, 5.41) is 9.19. The number of hydrogen-bond donors (Lipinski definition) is 1. The minimum atomic E-state index is -0.940. The first-order valence-electron chi connectivity index (χ1n) is 6.93. The van der Waals surface area contributed by atoms with Crippen LogP contribution in [0.5, 0.6) is 0 Å². The first kappa shape index (κ1) is 13.1. The van der Waals surface area contributed by atoms with Crippen LogP contribution in [0.1, 0.15) is 29.0 Å². The largest absolute Gasteiger partial charge is 0.478 e. The monoisotopic (exact) mass is 274 g/mol. The van der Waals surface area contributed by atoms with Crippen LogP contribution in [0.25, 0.3) is 11.0 Å². The van der Waals surface area contributed by atoms with Gasteiger partial charge in [-0.15, -0.1) is 0 Å². The SMILES string of the molecule is Cc1nc2c(C(=O)O)cccc2n1CCOCC1CC1. The topological polar surface area (TPSA) is 64.3 Å². The summed E-state index contributed by atoms with van der Waals surface area (Å²) >= 11 is 0. The quantitative estimate of drug-likeness (QED) is 0.822. The van der Waals surface area contributed by atoms with Crippen molar-refractivity contribution in [3.63, 3.8) is 0 Å². The number of benzene rings is 1. The third-order valence-electron chi connectivity index (χ3n) is 3.71. The number of imidazole rings is 1. The average molecular weight is 274 g/mol. The smallest absolute Gasteiger partial charge is 0.337 e. The van der Waals surface area contributed by atoms with Gasteiger partial charge >= 0.3 is 5.97 Å². The van der Waals surface area contributed by atoms with Crippen LogP contribution in [0.3, 0.4) is 0 Å². The van der Waals surface area contributed by atoms with Gasteiger partial charge in [0.2, 0.25) is 0 Å². The molecule has 1 aliphatic carbocycles. The summed E-state index contributed by atoms with van der Waals surface area (Å²) in [6, 6.07) is 5.25. The molecule has 0 radical (unpaired) electrons. The Labute approximate surface area is 117 Å².